The predicted octanol–water partition coefficient (Wildman–Crippen LogP) is 3.11. The van der Waals surface area contributed by atoms with Crippen LogP contribution in [-0.2, 0) is 31.7 Å². The first-order chi connectivity index (χ1) is 9.38. The molecule has 3 N–H and O–H groups in total. The molecule has 0 saturated carbocycles. The fourth-order valence-corrected chi connectivity index (χ4v) is 0.882. The molecule has 0 aromatic heterocycles. The van der Waals surface area contributed by atoms with Gasteiger partial charge in [0, 0.05) is 35.6 Å². The third-order valence-electron chi connectivity index (χ3n) is 1.24. The van der Waals surface area contributed by atoms with Gasteiger partial charge in [0.2, 0.25) is 0 Å². The summed E-state index contributed by atoms with van der Waals surface area (Å²) in [6.45, 7) is 8.54. The minimum Gasteiger partial charge on any atom is -0.512 e. The van der Waals surface area contributed by atoms with E-state index in [0.29, 0.717) is 0 Å². The Morgan fingerprint density at radius 1 is 0.545 bits per heavy atom. The maximum absolute atomic E-state index is 10.0. The minimum atomic E-state index is -0.125. The molecule has 0 spiro atoms. The van der Waals surface area contributed by atoms with E-state index in [2.05, 4.69) is 0 Å². The number of hydrogen-bond donors (Lipinski definition) is 3. The molecule has 22 heavy (non-hydrogen) atoms. The number of carbonyl (C=O) groups excluding carboxylic acids is 3. The van der Waals surface area contributed by atoms with Crippen molar-refractivity contribution >= 4 is 17.3 Å². The van der Waals surface area contributed by atoms with Gasteiger partial charge in [-0.3, -0.25) is 14.4 Å². The minimum absolute atomic E-state index is 0. The number of aliphatic hydroxyl groups excluding tert-OH is 3. The molecule has 0 radical (unpaired) electrons. The summed E-state index contributed by atoms with van der Waals surface area (Å²) in [4.78, 5) is 30.1. The van der Waals surface area contributed by atoms with Crippen LogP contribution in [0.2, 0.25) is 0 Å². The van der Waals surface area contributed by atoms with Crippen LogP contribution < -0.4 is 0 Å². The summed E-state index contributed by atoms with van der Waals surface area (Å²) in [5.74, 6) is -0.187. The van der Waals surface area contributed by atoms with Gasteiger partial charge in [-0.25, -0.2) is 0 Å². The molecule has 126 valence electrons. The van der Waals surface area contributed by atoms with Gasteiger partial charge in [-0.05, 0) is 41.5 Å². The van der Waals surface area contributed by atoms with Crippen LogP contribution in [0, 0.1) is 0 Å². The summed E-state index contributed by atoms with van der Waals surface area (Å²) in [5, 5.41) is 25.1. The molecular formula is C15H24CrO6. The van der Waals surface area contributed by atoms with Crippen molar-refractivity contribution in [1.82, 2.24) is 0 Å². The smallest absolute Gasteiger partial charge is 0.155 e. The molecule has 0 atom stereocenters. The molecule has 0 aliphatic carbocycles. The van der Waals surface area contributed by atoms with Crippen molar-refractivity contribution in [1.29, 1.82) is 0 Å². The Morgan fingerprint density at radius 2 is 0.682 bits per heavy atom. The second-order valence-electron chi connectivity index (χ2n) is 4.19. The largest absolute Gasteiger partial charge is 0.512 e. The zero-order valence-corrected chi connectivity index (χ0v) is 15.0. The number of hydrogen-bond acceptors (Lipinski definition) is 6. The molecule has 0 saturated heterocycles. The molecule has 0 amide bonds. The molecule has 6 nitrogen and oxygen atoms in total. The number of allylic oxidation sites excluding steroid dienone is 6. The molecule has 0 unspecified atom stereocenters. The normalized spacial score (nSPS) is 10.9. The first kappa shape index (κ1) is 28.3. The Hall–Kier alpha value is -1.84. The molecule has 0 rings (SSSR count). The van der Waals surface area contributed by atoms with Crippen molar-refractivity contribution in [2.75, 3.05) is 0 Å². The van der Waals surface area contributed by atoms with Crippen molar-refractivity contribution < 1.29 is 47.1 Å². The van der Waals surface area contributed by atoms with Gasteiger partial charge in [0.15, 0.2) is 17.3 Å². The van der Waals surface area contributed by atoms with Crippen molar-refractivity contribution in [3.8, 4) is 0 Å². The van der Waals surface area contributed by atoms with Gasteiger partial charge in [0.1, 0.15) is 0 Å². The van der Waals surface area contributed by atoms with Crippen LogP contribution in [0.4, 0.5) is 0 Å². The van der Waals surface area contributed by atoms with Crippen molar-refractivity contribution in [2.24, 2.45) is 0 Å². The van der Waals surface area contributed by atoms with E-state index >= 15 is 0 Å². The molecule has 0 aliphatic rings. The van der Waals surface area contributed by atoms with Gasteiger partial charge < -0.3 is 15.3 Å². The van der Waals surface area contributed by atoms with Crippen LogP contribution in [-0.4, -0.2) is 32.7 Å². The maximum Gasteiger partial charge on any atom is 0.155 e. The number of ketones is 3. The Kier molecular flexibility index (Phi) is 22.2. The zero-order chi connectivity index (χ0) is 17.6. The summed E-state index contributed by atoms with van der Waals surface area (Å²) >= 11 is 0. The van der Waals surface area contributed by atoms with Crippen molar-refractivity contribution in [3.05, 3.63) is 35.5 Å². The molecular weight excluding hydrogens is 328 g/mol. The average molecular weight is 352 g/mol. The van der Waals surface area contributed by atoms with Crippen molar-refractivity contribution in [3.63, 3.8) is 0 Å². The van der Waals surface area contributed by atoms with E-state index in [0.717, 1.165) is 0 Å². The monoisotopic (exact) mass is 352 g/mol. The van der Waals surface area contributed by atoms with Crippen LogP contribution in [0.5, 0.6) is 0 Å². The molecule has 0 aromatic rings. The van der Waals surface area contributed by atoms with E-state index in [-0.39, 0.29) is 52.0 Å². The van der Waals surface area contributed by atoms with Gasteiger partial charge in [-0.15, -0.1) is 0 Å². The molecule has 0 aromatic carbocycles. The van der Waals surface area contributed by atoms with Crippen molar-refractivity contribution in [2.45, 2.75) is 41.5 Å². The zero-order valence-electron chi connectivity index (χ0n) is 13.7. The Morgan fingerprint density at radius 3 is 0.682 bits per heavy atom. The molecule has 0 aliphatic heterocycles. The third-order valence-corrected chi connectivity index (χ3v) is 1.24. The SMILES string of the molecule is CC(=O)/C=C(\C)O.CC(=O)/C=C(\C)O.CC(=O)C=C(C)O.[Cr]. The van der Waals surface area contributed by atoms with Crippen LogP contribution in [0.3, 0.4) is 0 Å². The topological polar surface area (TPSA) is 112 Å². The first-order valence-electron chi connectivity index (χ1n) is 6.02. The molecule has 0 heterocycles. The van der Waals surface area contributed by atoms with E-state index < -0.39 is 0 Å². The van der Waals surface area contributed by atoms with Crippen LogP contribution in [0.25, 0.3) is 0 Å². The summed E-state index contributed by atoms with van der Waals surface area (Å²) in [5.41, 5.74) is 0. The fourth-order valence-electron chi connectivity index (χ4n) is 0.882. The third kappa shape index (κ3) is 51.8. The standard InChI is InChI=1S/3C5H8O2.Cr/c3*1-4(6)3-5(2)7;/h3*3,6H,1-2H3;/b2*4-3+;;. The van der Waals surface area contributed by atoms with E-state index in [1.807, 2.05) is 0 Å². The summed E-state index contributed by atoms with van der Waals surface area (Å²) in [6, 6.07) is 0. The molecule has 0 bridgehead atoms. The van der Waals surface area contributed by atoms with E-state index in [1.165, 1.54) is 59.8 Å². The van der Waals surface area contributed by atoms with Gasteiger partial charge in [0.05, 0.1) is 17.3 Å². The number of rotatable bonds is 3. The van der Waals surface area contributed by atoms with Gasteiger partial charge in [-0.1, -0.05) is 0 Å². The fraction of sp³-hybridized carbons (Fsp3) is 0.400. The predicted molar refractivity (Wildman–Crippen MR) is 81.2 cm³/mol. The molecule has 0 fully saturated rings. The first-order valence-corrected chi connectivity index (χ1v) is 6.02. The Labute approximate surface area is 142 Å². The van der Waals surface area contributed by atoms with E-state index in [4.69, 9.17) is 15.3 Å². The van der Waals surface area contributed by atoms with Gasteiger partial charge >= 0.3 is 0 Å². The van der Waals surface area contributed by atoms with Crippen LogP contribution >= 0.6 is 0 Å². The summed E-state index contributed by atoms with van der Waals surface area (Å²) in [7, 11) is 0. The van der Waals surface area contributed by atoms with E-state index in [9.17, 15) is 14.4 Å². The quantitative estimate of drug-likeness (QED) is 0.531. The molecule has 7 heteroatoms. The summed E-state index contributed by atoms with van der Waals surface area (Å²) in [6.07, 6.45) is 3.50. The van der Waals surface area contributed by atoms with Crippen LogP contribution in [0.15, 0.2) is 35.5 Å². The second-order valence-corrected chi connectivity index (χ2v) is 4.19. The summed E-state index contributed by atoms with van der Waals surface area (Å²) < 4.78 is 0. The maximum atomic E-state index is 10.0. The number of aliphatic hydroxyl groups is 3. The van der Waals surface area contributed by atoms with Gasteiger partial charge in [0.25, 0.3) is 0 Å². The Bertz CT molecular complexity index is 368. The van der Waals surface area contributed by atoms with E-state index in [1.54, 1.807) is 0 Å². The Balaban J connectivity index is -0.000000108. The number of carbonyl (C=O) groups is 3. The second kappa shape index (κ2) is 17.2. The average Bonchev–Trinajstić information content (AvgIpc) is 2.10. The van der Waals surface area contributed by atoms with Gasteiger partial charge in [-0.2, -0.15) is 0 Å². The van der Waals surface area contributed by atoms with Crippen LogP contribution in [0.1, 0.15) is 41.5 Å².